The van der Waals surface area contributed by atoms with Crippen LogP contribution in [0, 0.1) is 0 Å². The summed E-state index contributed by atoms with van der Waals surface area (Å²) in [5.41, 5.74) is -0.298. The largest absolute Gasteiger partial charge is 0.360 e. The van der Waals surface area contributed by atoms with Crippen molar-refractivity contribution in [1.29, 1.82) is 0 Å². The number of rotatable bonds is 3. The van der Waals surface area contributed by atoms with Gasteiger partial charge < -0.3 is 10.1 Å². The van der Waals surface area contributed by atoms with Crippen LogP contribution in [0.2, 0.25) is 0 Å². The molecule has 0 heterocycles. The van der Waals surface area contributed by atoms with Crippen LogP contribution in [0.5, 0.6) is 0 Å². The van der Waals surface area contributed by atoms with Gasteiger partial charge in [-0.25, -0.2) is 0 Å². The summed E-state index contributed by atoms with van der Waals surface area (Å²) in [6, 6.07) is 0. The monoisotopic (exact) mass is 151 g/mol. The lowest BCUT2D eigenvalue weighted by atomic mass is 9.74. The number of aldehydes is 1. The first kappa shape index (κ1) is 8.30. The van der Waals surface area contributed by atoms with Crippen molar-refractivity contribution in [2.45, 2.75) is 31.2 Å². The zero-order valence-electron chi connectivity index (χ0n) is 6.30. The van der Waals surface area contributed by atoms with Gasteiger partial charge in [0, 0.05) is 12.0 Å². The van der Waals surface area contributed by atoms with E-state index in [4.69, 9.17) is 7.85 Å². The maximum absolute atomic E-state index is 10.5. The maximum Gasteiger partial charge on any atom is 0.200 e. The van der Waals surface area contributed by atoms with Gasteiger partial charge in [-0.15, -0.1) is 0 Å². The van der Waals surface area contributed by atoms with Crippen molar-refractivity contribution in [3.63, 3.8) is 0 Å². The van der Waals surface area contributed by atoms with E-state index >= 15 is 0 Å². The molecule has 1 aliphatic rings. The fourth-order valence-electron chi connectivity index (χ4n) is 1.40. The molecule has 0 bridgehead atoms. The van der Waals surface area contributed by atoms with Crippen LogP contribution >= 0.6 is 0 Å². The molecule has 3 nitrogen and oxygen atoms in total. The summed E-state index contributed by atoms with van der Waals surface area (Å²) in [5.74, 6) is -0.536. The predicted octanol–water partition coefficient (Wildman–Crippen LogP) is 0.376. The van der Waals surface area contributed by atoms with Gasteiger partial charge in [0.1, 0.15) is 6.29 Å². The van der Waals surface area contributed by atoms with Crippen molar-refractivity contribution in [1.82, 2.24) is 5.32 Å². The van der Waals surface area contributed by atoms with Crippen LogP contribution in [0.25, 0.3) is 0 Å². The van der Waals surface area contributed by atoms with Crippen molar-refractivity contribution in [3.05, 3.63) is 0 Å². The molecule has 1 rings (SSSR count). The van der Waals surface area contributed by atoms with E-state index in [0.717, 1.165) is 25.5 Å². The topological polar surface area (TPSA) is 46.2 Å². The average Bonchev–Trinajstić information content (AvgIpc) is 1.82. The van der Waals surface area contributed by atoms with Crippen LogP contribution in [0.3, 0.4) is 0 Å². The Labute approximate surface area is 66.9 Å². The highest BCUT2D eigenvalue weighted by Crippen LogP contribution is 2.33. The second kappa shape index (κ2) is 3.07. The van der Waals surface area contributed by atoms with E-state index in [1.807, 2.05) is 0 Å². The van der Waals surface area contributed by atoms with Gasteiger partial charge in [0.2, 0.25) is 7.85 Å². The van der Waals surface area contributed by atoms with Crippen LogP contribution in [-0.4, -0.2) is 25.5 Å². The Morgan fingerprint density at radius 3 is 2.55 bits per heavy atom. The minimum absolute atomic E-state index is 0.298. The molecule has 0 unspecified atom stereocenters. The van der Waals surface area contributed by atoms with E-state index in [1.54, 1.807) is 0 Å². The highest BCUT2D eigenvalue weighted by molar-refractivity contribution is 6.57. The van der Waals surface area contributed by atoms with Crippen molar-refractivity contribution < 1.29 is 9.59 Å². The molecular weight excluding hydrogens is 141 g/mol. The minimum Gasteiger partial charge on any atom is -0.360 e. The molecule has 11 heavy (non-hydrogen) atoms. The van der Waals surface area contributed by atoms with Gasteiger partial charge in [0.15, 0.2) is 5.81 Å². The Bertz CT molecular complexity index is 177. The molecule has 1 N–H and O–H groups in total. The van der Waals surface area contributed by atoms with Gasteiger partial charge in [-0.2, -0.15) is 0 Å². The number of carbonyl (C=O) groups excluding carboxylic acids is 2. The zero-order valence-corrected chi connectivity index (χ0v) is 6.30. The smallest absolute Gasteiger partial charge is 0.200 e. The Hall–Kier alpha value is -0.795. The van der Waals surface area contributed by atoms with E-state index in [1.165, 1.54) is 0 Å². The summed E-state index contributed by atoms with van der Waals surface area (Å²) in [4.78, 5) is 20.7. The summed E-state index contributed by atoms with van der Waals surface area (Å²) in [7, 11) is 4.95. The van der Waals surface area contributed by atoms with Crippen molar-refractivity contribution in [3.8, 4) is 0 Å². The lowest BCUT2D eigenvalue weighted by Crippen LogP contribution is -2.53. The first-order valence-electron chi connectivity index (χ1n) is 3.70. The van der Waals surface area contributed by atoms with Crippen molar-refractivity contribution in [2.75, 3.05) is 0 Å². The molecule has 0 saturated heterocycles. The fraction of sp³-hybridized carbons (Fsp3) is 0.714. The first-order valence-corrected chi connectivity index (χ1v) is 3.70. The normalized spacial score (nSPS) is 20.0. The summed E-state index contributed by atoms with van der Waals surface area (Å²) >= 11 is 0. The summed E-state index contributed by atoms with van der Waals surface area (Å²) in [5, 5.41) is 2.60. The van der Waals surface area contributed by atoms with Crippen molar-refractivity contribution >= 4 is 19.9 Å². The van der Waals surface area contributed by atoms with Crippen LogP contribution in [-0.2, 0) is 4.79 Å². The third kappa shape index (κ3) is 1.82. The maximum atomic E-state index is 10.5. The molecule has 58 valence electrons. The molecule has 0 aromatic carbocycles. The van der Waals surface area contributed by atoms with E-state index in [9.17, 15) is 9.59 Å². The summed E-state index contributed by atoms with van der Waals surface area (Å²) in [6.07, 6.45) is 4.02. The molecule has 0 spiro atoms. The van der Waals surface area contributed by atoms with E-state index in [0.29, 0.717) is 6.42 Å². The standard InChI is InChI=1S/C7H10BNO2/c8-6(11)9-7(4-5-10)2-1-3-7/h5H,1-4H2,(H,9,11). The highest BCUT2D eigenvalue weighted by atomic mass is 16.1. The second-order valence-corrected chi connectivity index (χ2v) is 2.99. The molecule has 0 aromatic rings. The number of hydrogen-bond donors (Lipinski definition) is 1. The SMILES string of the molecule is [B]C(=O)NC1(CC=O)CCC1. The van der Waals surface area contributed by atoms with Gasteiger partial charge in [0.25, 0.3) is 0 Å². The minimum atomic E-state index is -0.536. The molecule has 1 amide bonds. The molecule has 2 radical (unpaired) electrons. The van der Waals surface area contributed by atoms with Gasteiger partial charge in [0.05, 0.1) is 0 Å². The third-order valence-corrected chi connectivity index (χ3v) is 2.17. The molecule has 1 saturated carbocycles. The number of nitrogens with one attached hydrogen (secondary N) is 1. The molecule has 0 aliphatic heterocycles. The molecule has 0 aromatic heterocycles. The summed E-state index contributed by atoms with van der Waals surface area (Å²) < 4.78 is 0. The Morgan fingerprint density at radius 2 is 2.27 bits per heavy atom. The second-order valence-electron chi connectivity index (χ2n) is 2.99. The van der Waals surface area contributed by atoms with Gasteiger partial charge in [-0.3, -0.25) is 4.79 Å². The zero-order chi connectivity index (χ0) is 8.32. The lowest BCUT2D eigenvalue weighted by molar-refractivity contribution is -0.109. The average molecular weight is 151 g/mol. The molecule has 0 atom stereocenters. The molecule has 1 aliphatic carbocycles. The lowest BCUT2D eigenvalue weighted by Gasteiger charge is -2.41. The van der Waals surface area contributed by atoms with E-state index in [2.05, 4.69) is 5.32 Å². The van der Waals surface area contributed by atoms with E-state index in [-0.39, 0.29) is 5.54 Å². The number of carbonyl (C=O) groups is 2. The summed E-state index contributed by atoms with van der Waals surface area (Å²) in [6.45, 7) is 0. The number of hydrogen-bond acceptors (Lipinski definition) is 2. The predicted molar refractivity (Wildman–Crippen MR) is 41.5 cm³/mol. The Balaban J connectivity index is 2.45. The number of amides is 1. The first-order chi connectivity index (χ1) is 5.18. The van der Waals surface area contributed by atoms with E-state index < -0.39 is 5.81 Å². The van der Waals surface area contributed by atoms with Crippen LogP contribution in [0.15, 0.2) is 0 Å². The van der Waals surface area contributed by atoms with Crippen molar-refractivity contribution in [2.24, 2.45) is 0 Å². The Morgan fingerprint density at radius 1 is 1.64 bits per heavy atom. The Kier molecular flexibility index (Phi) is 2.32. The van der Waals surface area contributed by atoms with Crippen LogP contribution < -0.4 is 5.32 Å². The van der Waals surface area contributed by atoms with Crippen LogP contribution in [0.4, 0.5) is 4.79 Å². The molecule has 1 fully saturated rings. The highest BCUT2D eigenvalue weighted by Gasteiger charge is 2.36. The van der Waals surface area contributed by atoms with Crippen LogP contribution in [0.1, 0.15) is 25.7 Å². The third-order valence-electron chi connectivity index (χ3n) is 2.17. The van der Waals surface area contributed by atoms with Gasteiger partial charge in [-0.1, -0.05) is 0 Å². The van der Waals surface area contributed by atoms with Gasteiger partial charge >= 0.3 is 0 Å². The quantitative estimate of drug-likeness (QED) is 0.468. The fourth-order valence-corrected chi connectivity index (χ4v) is 1.40. The van der Waals surface area contributed by atoms with Gasteiger partial charge in [-0.05, 0) is 19.3 Å². The molecular formula is C7H10BNO2. The molecule has 4 heteroatoms.